The van der Waals surface area contributed by atoms with E-state index in [9.17, 15) is 22.4 Å². The second-order valence-corrected chi connectivity index (χ2v) is 10.8. The third-order valence-corrected chi connectivity index (χ3v) is 7.28. The molecule has 192 valence electrons. The highest BCUT2D eigenvalue weighted by atomic mass is 35.5. The van der Waals surface area contributed by atoms with Crippen molar-refractivity contribution in [3.63, 3.8) is 0 Å². The predicted octanol–water partition coefficient (Wildman–Crippen LogP) is 4.62. The number of anilines is 1. The minimum absolute atomic E-state index is 0.00725. The van der Waals surface area contributed by atoms with E-state index >= 15 is 0 Å². The first kappa shape index (κ1) is 28.9. The summed E-state index contributed by atoms with van der Waals surface area (Å²) < 4.78 is 39.0. The number of carbonyl (C=O) groups excluding carboxylic acids is 2. The van der Waals surface area contributed by atoms with Gasteiger partial charge in [-0.3, -0.25) is 13.9 Å². The summed E-state index contributed by atoms with van der Waals surface area (Å²) in [5.41, 5.74) is 0.816. The lowest BCUT2D eigenvalue weighted by Crippen LogP contribution is -2.48. The minimum Gasteiger partial charge on any atom is -0.354 e. The highest BCUT2D eigenvalue weighted by Crippen LogP contribution is 2.27. The summed E-state index contributed by atoms with van der Waals surface area (Å²) in [4.78, 5) is 27.3. The summed E-state index contributed by atoms with van der Waals surface area (Å²) >= 11 is 12.6. The van der Waals surface area contributed by atoms with Crippen molar-refractivity contribution < 1.29 is 22.4 Å². The Morgan fingerprint density at radius 2 is 1.69 bits per heavy atom. The molecule has 0 aliphatic rings. The highest BCUT2D eigenvalue weighted by molar-refractivity contribution is 7.92. The SMILES string of the molecule is CCCNC(=O)C(C)N(Cc1c(Cl)cccc1Cl)C(=O)CCCN(c1ccc(F)cc1)S(C)(=O)=O. The topological polar surface area (TPSA) is 86.8 Å². The highest BCUT2D eigenvalue weighted by Gasteiger charge is 2.27. The molecule has 0 heterocycles. The van der Waals surface area contributed by atoms with E-state index in [0.29, 0.717) is 27.8 Å². The lowest BCUT2D eigenvalue weighted by atomic mass is 10.1. The van der Waals surface area contributed by atoms with Crippen LogP contribution in [0.2, 0.25) is 10.0 Å². The fourth-order valence-corrected chi connectivity index (χ4v) is 4.93. The first-order valence-corrected chi connectivity index (χ1v) is 13.8. The molecule has 11 heteroatoms. The van der Waals surface area contributed by atoms with Gasteiger partial charge in [-0.05, 0) is 56.2 Å². The van der Waals surface area contributed by atoms with E-state index in [4.69, 9.17) is 23.2 Å². The number of sulfonamides is 1. The molecule has 2 aromatic rings. The van der Waals surface area contributed by atoms with Crippen LogP contribution >= 0.6 is 23.2 Å². The maximum Gasteiger partial charge on any atom is 0.242 e. The van der Waals surface area contributed by atoms with Crippen molar-refractivity contribution in [3.8, 4) is 0 Å². The standard InChI is InChI=1S/C24H30Cl2FN3O4S/c1-4-14-28-24(32)17(2)29(16-20-21(25)7-5-8-22(20)26)23(31)9-6-15-30(35(3,33)34)19-12-10-18(27)11-13-19/h5,7-8,10-13,17H,4,6,9,14-16H2,1-3H3,(H,28,32). The van der Waals surface area contributed by atoms with Crippen molar-refractivity contribution >= 4 is 50.7 Å². The quantitative estimate of drug-likeness (QED) is 0.421. The number of benzene rings is 2. The van der Waals surface area contributed by atoms with E-state index in [0.717, 1.165) is 17.0 Å². The molecule has 0 saturated heterocycles. The molecule has 1 N–H and O–H groups in total. The number of carbonyl (C=O) groups is 2. The number of hydrogen-bond acceptors (Lipinski definition) is 4. The second kappa shape index (κ2) is 13.1. The van der Waals surface area contributed by atoms with Gasteiger partial charge in [0.25, 0.3) is 0 Å². The van der Waals surface area contributed by atoms with Crippen LogP contribution < -0.4 is 9.62 Å². The maximum atomic E-state index is 13.3. The molecule has 0 saturated carbocycles. The Morgan fingerprint density at radius 3 is 2.23 bits per heavy atom. The summed E-state index contributed by atoms with van der Waals surface area (Å²) in [5, 5.41) is 3.53. The van der Waals surface area contributed by atoms with Gasteiger partial charge in [0.15, 0.2) is 0 Å². The van der Waals surface area contributed by atoms with Gasteiger partial charge in [-0.25, -0.2) is 12.8 Å². The van der Waals surface area contributed by atoms with Gasteiger partial charge in [0.05, 0.1) is 11.9 Å². The van der Waals surface area contributed by atoms with E-state index in [-0.39, 0.29) is 37.7 Å². The number of amides is 2. The third kappa shape index (κ3) is 8.37. The predicted molar refractivity (Wildman–Crippen MR) is 138 cm³/mol. The Hall–Kier alpha value is -2.36. The normalized spacial score (nSPS) is 12.2. The Labute approximate surface area is 216 Å². The molecule has 0 radical (unpaired) electrons. The van der Waals surface area contributed by atoms with Crippen LogP contribution in [-0.4, -0.2) is 50.5 Å². The van der Waals surface area contributed by atoms with Crippen LogP contribution in [0.25, 0.3) is 0 Å². The summed E-state index contributed by atoms with van der Waals surface area (Å²) in [5.74, 6) is -1.15. The van der Waals surface area contributed by atoms with Crippen molar-refractivity contribution in [1.29, 1.82) is 0 Å². The Kier molecular flexibility index (Phi) is 10.8. The number of nitrogens with one attached hydrogen (secondary N) is 1. The molecule has 0 aliphatic carbocycles. The molecular weight excluding hydrogens is 516 g/mol. The molecule has 1 unspecified atom stereocenters. The van der Waals surface area contributed by atoms with Crippen LogP contribution in [0.1, 0.15) is 38.7 Å². The van der Waals surface area contributed by atoms with E-state index in [1.54, 1.807) is 25.1 Å². The summed E-state index contributed by atoms with van der Waals surface area (Å²) in [6.07, 6.45) is 1.94. The smallest absolute Gasteiger partial charge is 0.242 e. The van der Waals surface area contributed by atoms with Gasteiger partial charge in [0.2, 0.25) is 21.8 Å². The number of halogens is 3. The third-order valence-electron chi connectivity index (χ3n) is 5.37. The van der Waals surface area contributed by atoms with Crippen LogP contribution in [0.5, 0.6) is 0 Å². The number of nitrogens with zero attached hydrogens (tertiary/aromatic N) is 2. The molecule has 7 nitrogen and oxygen atoms in total. The van der Waals surface area contributed by atoms with E-state index < -0.39 is 21.9 Å². The van der Waals surface area contributed by atoms with Crippen LogP contribution in [0.3, 0.4) is 0 Å². The number of hydrogen-bond donors (Lipinski definition) is 1. The van der Waals surface area contributed by atoms with Crippen molar-refractivity contribution in [2.24, 2.45) is 0 Å². The van der Waals surface area contributed by atoms with Crippen molar-refractivity contribution in [2.45, 2.75) is 45.7 Å². The summed E-state index contributed by atoms with van der Waals surface area (Å²) in [6.45, 7) is 4.04. The van der Waals surface area contributed by atoms with E-state index in [2.05, 4.69) is 5.32 Å². The van der Waals surface area contributed by atoms with Crippen molar-refractivity contribution in [1.82, 2.24) is 10.2 Å². The molecule has 2 amide bonds. The lowest BCUT2D eigenvalue weighted by molar-refractivity contribution is -0.140. The zero-order valence-corrected chi connectivity index (χ0v) is 22.3. The molecule has 1 atom stereocenters. The van der Waals surface area contributed by atoms with Crippen molar-refractivity contribution in [2.75, 3.05) is 23.7 Å². The molecule has 2 rings (SSSR count). The fraction of sp³-hybridized carbons (Fsp3) is 0.417. The van der Waals surface area contributed by atoms with Gasteiger partial charge in [-0.2, -0.15) is 0 Å². The van der Waals surface area contributed by atoms with Crippen LogP contribution in [0, 0.1) is 5.82 Å². The van der Waals surface area contributed by atoms with Crippen molar-refractivity contribution in [3.05, 3.63) is 63.9 Å². The molecule has 0 aliphatic heterocycles. The zero-order valence-electron chi connectivity index (χ0n) is 19.9. The molecule has 0 bridgehead atoms. The first-order chi connectivity index (χ1) is 16.5. The first-order valence-electron chi connectivity index (χ1n) is 11.2. The maximum absolute atomic E-state index is 13.3. The molecule has 0 spiro atoms. The van der Waals surface area contributed by atoms with Crippen LogP contribution in [-0.2, 0) is 26.2 Å². The summed E-state index contributed by atoms with van der Waals surface area (Å²) in [7, 11) is -3.66. The van der Waals surface area contributed by atoms with E-state index in [1.165, 1.54) is 29.2 Å². The minimum atomic E-state index is -3.66. The van der Waals surface area contributed by atoms with Gasteiger partial charge in [-0.15, -0.1) is 0 Å². The van der Waals surface area contributed by atoms with E-state index in [1.807, 2.05) is 6.92 Å². The lowest BCUT2D eigenvalue weighted by Gasteiger charge is -2.30. The van der Waals surface area contributed by atoms with Gasteiger partial charge >= 0.3 is 0 Å². The van der Waals surface area contributed by atoms with Gasteiger partial charge < -0.3 is 10.2 Å². The largest absolute Gasteiger partial charge is 0.354 e. The second-order valence-electron chi connectivity index (χ2n) is 8.10. The number of rotatable bonds is 12. The molecule has 0 aromatic heterocycles. The fourth-order valence-electron chi connectivity index (χ4n) is 3.44. The average molecular weight is 546 g/mol. The Bertz CT molecular complexity index is 1110. The molecular formula is C24H30Cl2FN3O4S. The molecule has 2 aromatic carbocycles. The average Bonchev–Trinajstić information content (AvgIpc) is 2.79. The molecule has 0 fully saturated rings. The molecule has 35 heavy (non-hydrogen) atoms. The summed E-state index contributed by atoms with van der Waals surface area (Å²) in [6, 6.07) is 9.26. The monoisotopic (exact) mass is 545 g/mol. The zero-order chi connectivity index (χ0) is 26.2. The van der Waals surface area contributed by atoms with Gasteiger partial charge in [0, 0.05) is 41.7 Å². The van der Waals surface area contributed by atoms with Crippen LogP contribution in [0.4, 0.5) is 10.1 Å². The van der Waals surface area contributed by atoms with Crippen LogP contribution in [0.15, 0.2) is 42.5 Å². The van der Waals surface area contributed by atoms with Gasteiger partial charge in [-0.1, -0.05) is 36.2 Å². The Balaban J connectivity index is 2.20. The van der Waals surface area contributed by atoms with Gasteiger partial charge in [0.1, 0.15) is 11.9 Å². The Morgan fingerprint density at radius 1 is 1.09 bits per heavy atom.